The summed E-state index contributed by atoms with van der Waals surface area (Å²) in [5.74, 6) is 1.04. The molecule has 0 saturated carbocycles. The van der Waals surface area contributed by atoms with Gasteiger partial charge in [0.2, 0.25) is 0 Å². The van der Waals surface area contributed by atoms with Gasteiger partial charge in [-0.2, -0.15) is 0 Å². The lowest BCUT2D eigenvalue weighted by molar-refractivity contribution is 0.311. The Morgan fingerprint density at radius 2 is 2.18 bits per heavy atom. The molecule has 1 heterocycles. The quantitative estimate of drug-likeness (QED) is 0.792. The first kappa shape index (κ1) is 12.2. The Morgan fingerprint density at radius 1 is 1.35 bits per heavy atom. The number of hydrogen-bond acceptors (Lipinski definition) is 3. The summed E-state index contributed by atoms with van der Waals surface area (Å²) < 4.78 is 5.71. The molecule has 17 heavy (non-hydrogen) atoms. The molecule has 0 saturated heterocycles. The van der Waals surface area contributed by atoms with Crippen molar-refractivity contribution >= 4 is 5.69 Å². The lowest BCUT2D eigenvalue weighted by Crippen LogP contribution is -2.28. The maximum absolute atomic E-state index is 5.71. The summed E-state index contributed by atoms with van der Waals surface area (Å²) >= 11 is 0. The molecule has 1 aliphatic rings. The average molecular weight is 234 g/mol. The Labute approximate surface area is 104 Å². The van der Waals surface area contributed by atoms with Crippen LogP contribution in [0.15, 0.2) is 18.2 Å². The van der Waals surface area contributed by atoms with E-state index in [1.807, 2.05) is 0 Å². The molecule has 0 radical (unpaired) electrons. The van der Waals surface area contributed by atoms with Crippen LogP contribution in [-0.2, 0) is 6.42 Å². The van der Waals surface area contributed by atoms with Gasteiger partial charge in [-0.15, -0.1) is 0 Å². The smallest absolute Gasteiger partial charge is 0.142 e. The summed E-state index contributed by atoms with van der Waals surface area (Å²) in [6.07, 6.45) is 2.32. The highest BCUT2D eigenvalue weighted by atomic mass is 16.5. The van der Waals surface area contributed by atoms with E-state index < -0.39 is 0 Å². The zero-order valence-electron chi connectivity index (χ0n) is 11.1. The molecule has 2 rings (SSSR count). The molecule has 0 aliphatic carbocycles. The number of ether oxygens (including phenoxy) is 1. The van der Waals surface area contributed by atoms with Crippen LogP contribution in [0.25, 0.3) is 0 Å². The fourth-order valence-corrected chi connectivity index (χ4v) is 2.16. The van der Waals surface area contributed by atoms with Crippen LogP contribution in [0.4, 0.5) is 5.69 Å². The molecule has 1 aliphatic heterocycles. The molecular weight excluding hydrogens is 212 g/mol. The second kappa shape index (κ2) is 5.41. The van der Waals surface area contributed by atoms with Gasteiger partial charge in [0.1, 0.15) is 12.4 Å². The molecule has 0 spiro atoms. The molecular formula is C14H22N2O. The SMILES string of the molecule is CN(C)CCCc1ccc2c(c1)OCCN2C. The van der Waals surface area contributed by atoms with E-state index in [4.69, 9.17) is 4.74 Å². The summed E-state index contributed by atoms with van der Waals surface area (Å²) in [5, 5.41) is 0. The highest BCUT2D eigenvalue weighted by Gasteiger charge is 2.14. The highest BCUT2D eigenvalue weighted by Crippen LogP contribution is 2.31. The lowest BCUT2D eigenvalue weighted by atomic mass is 10.1. The summed E-state index contributed by atoms with van der Waals surface area (Å²) in [6.45, 7) is 2.91. The van der Waals surface area contributed by atoms with Crippen LogP contribution in [0, 0.1) is 0 Å². The van der Waals surface area contributed by atoms with Crippen molar-refractivity contribution in [3.05, 3.63) is 23.8 Å². The zero-order chi connectivity index (χ0) is 12.3. The van der Waals surface area contributed by atoms with E-state index in [1.54, 1.807) is 0 Å². The largest absolute Gasteiger partial charge is 0.490 e. The molecule has 0 N–H and O–H groups in total. The predicted molar refractivity (Wildman–Crippen MR) is 72.1 cm³/mol. The minimum Gasteiger partial charge on any atom is -0.490 e. The van der Waals surface area contributed by atoms with Gasteiger partial charge in [-0.05, 0) is 51.2 Å². The Kier molecular flexibility index (Phi) is 3.89. The number of benzene rings is 1. The molecule has 3 nitrogen and oxygen atoms in total. The number of fused-ring (bicyclic) bond motifs is 1. The molecule has 0 amide bonds. The van der Waals surface area contributed by atoms with Gasteiger partial charge < -0.3 is 14.5 Å². The van der Waals surface area contributed by atoms with Crippen LogP contribution >= 0.6 is 0 Å². The van der Waals surface area contributed by atoms with E-state index in [-0.39, 0.29) is 0 Å². The van der Waals surface area contributed by atoms with Gasteiger partial charge in [0.15, 0.2) is 0 Å². The number of likely N-dealkylation sites (N-methyl/N-ethyl adjacent to an activating group) is 1. The third-order valence-corrected chi connectivity index (χ3v) is 3.19. The third-order valence-electron chi connectivity index (χ3n) is 3.19. The fraction of sp³-hybridized carbons (Fsp3) is 0.571. The Morgan fingerprint density at radius 3 is 2.94 bits per heavy atom. The van der Waals surface area contributed by atoms with Crippen LogP contribution in [0.2, 0.25) is 0 Å². The predicted octanol–water partition coefficient (Wildman–Crippen LogP) is 2.01. The number of aryl methyl sites for hydroxylation is 1. The molecule has 0 atom stereocenters. The minimum absolute atomic E-state index is 0.796. The lowest BCUT2D eigenvalue weighted by Gasteiger charge is -2.28. The maximum Gasteiger partial charge on any atom is 0.142 e. The second-order valence-electron chi connectivity index (χ2n) is 4.98. The van der Waals surface area contributed by atoms with Crippen LogP contribution in [0.1, 0.15) is 12.0 Å². The number of nitrogens with zero attached hydrogens (tertiary/aromatic N) is 2. The van der Waals surface area contributed by atoms with Gasteiger partial charge in [0.05, 0.1) is 12.2 Å². The van der Waals surface area contributed by atoms with Crippen molar-refractivity contribution in [3.8, 4) is 5.75 Å². The van der Waals surface area contributed by atoms with Crippen molar-refractivity contribution in [3.63, 3.8) is 0 Å². The maximum atomic E-state index is 5.71. The zero-order valence-corrected chi connectivity index (χ0v) is 11.1. The minimum atomic E-state index is 0.796. The molecule has 94 valence electrons. The van der Waals surface area contributed by atoms with E-state index in [9.17, 15) is 0 Å². The number of rotatable bonds is 4. The van der Waals surface area contributed by atoms with Gasteiger partial charge in [0.25, 0.3) is 0 Å². The van der Waals surface area contributed by atoms with E-state index in [1.165, 1.54) is 17.7 Å². The third kappa shape index (κ3) is 3.13. The fourth-order valence-electron chi connectivity index (χ4n) is 2.16. The molecule has 0 aromatic heterocycles. The van der Waals surface area contributed by atoms with Gasteiger partial charge in [-0.25, -0.2) is 0 Å². The molecule has 3 heteroatoms. The van der Waals surface area contributed by atoms with Crippen LogP contribution in [0.3, 0.4) is 0 Å². The van der Waals surface area contributed by atoms with Crippen molar-refractivity contribution in [2.75, 3.05) is 45.7 Å². The second-order valence-corrected chi connectivity index (χ2v) is 4.98. The average Bonchev–Trinajstić information content (AvgIpc) is 2.29. The summed E-state index contributed by atoms with van der Waals surface area (Å²) in [7, 11) is 6.35. The van der Waals surface area contributed by atoms with Crippen LogP contribution < -0.4 is 9.64 Å². The van der Waals surface area contributed by atoms with Crippen molar-refractivity contribution < 1.29 is 4.74 Å². The number of anilines is 1. The van der Waals surface area contributed by atoms with Crippen molar-refractivity contribution in [2.24, 2.45) is 0 Å². The van der Waals surface area contributed by atoms with E-state index >= 15 is 0 Å². The Balaban J connectivity index is 2.01. The van der Waals surface area contributed by atoms with Crippen molar-refractivity contribution in [2.45, 2.75) is 12.8 Å². The first-order chi connectivity index (χ1) is 8.16. The van der Waals surface area contributed by atoms with Gasteiger partial charge in [-0.1, -0.05) is 6.07 Å². The monoisotopic (exact) mass is 234 g/mol. The first-order valence-corrected chi connectivity index (χ1v) is 6.28. The Bertz CT molecular complexity index is 376. The topological polar surface area (TPSA) is 15.7 Å². The van der Waals surface area contributed by atoms with Gasteiger partial charge >= 0.3 is 0 Å². The molecule has 1 aromatic carbocycles. The molecule has 0 bridgehead atoms. The van der Waals surface area contributed by atoms with E-state index in [2.05, 4.69) is 49.1 Å². The Hall–Kier alpha value is -1.22. The van der Waals surface area contributed by atoms with Crippen molar-refractivity contribution in [1.29, 1.82) is 0 Å². The van der Waals surface area contributed by atoms with Gasteiger partial charge in [0, 0.05) is 7.05 Å². The molecule has 0 unspecified atom stereocenters. The summed E-state index contributed by atoms with van der Waals surface area (Å²) in [5.41, 5.74) is 2.59. The number of hydrogen-bond donors (Lipinski definition) is 0. The molecule has 1 aromatic rings. The summed E-state index contributed by atoms with van der Waals surface area (Å²) in [4.78, 5) is 4.48. The standard InChI is InChI=1S/C14H22N2O/c1-15(2)8-4-5-12-6-7-13-14(11-12)17-10-9-16(13)3/h6-7,11H,4-5,8-10H2,1-3H3. The molecule has 0 fully saturated rings. The summed E-state index contributed by atoms with van der Waals surface area (Å²) in [6, 6.07) is 6.60. The van der Waals surface area contributed by atoms with Crippen LogP contribution in [-0.4, -0.2) is 45.7 Å². The highest BCUT2D eigenvalue weighted by molar-refractivity contribution is 5.60. The van der Waals surface area contributed by atoms with Gasteiger partial charge in [-0.3, -0.25) is 0 Å². The van der Waals surface area contributed by atoms with E-state index in [0.29, 0.717) is 0 Å². The van der Waals surface area contributed by atoms with Crippen LogP contribution in [0.5, 0.6) is 5.75 Å². The normalized spacial score (nSPS) is 14.7. The first-order valence-electron chi connectivity index (χ1n) is 6.28. The van der Waals surface area contributed by atoms with Crippen molar-refractivity contribution in [1.82, 2.24) is 4.90 Å². The van der Waals surface area contributed by atoms with E-state index in [0.717, 1.165) is 31.9 Å².